The second-order valence-corrected chi connectivity index (χ2v) is 8.75. The quantitative estimate of drug-likeness (QED) is 0.913. The lowest BCUT2D eigenvalue weighted by molar-refractivity contribution is 0.0343. The van der Waals surface area contributed by atoms with Crippen LogP contribution in [0.25, 0.3) is 11.3 Å². The van der Waals surface area contributed by atoms with Gasteiger partial charge in [0.15, 0.2) is 0 Å². The largest absolute Gasteiger partial charge is 0.391 e. The van der Waals surface area contributed by atoms with Gasteiger partial charge in [-0.25, -0.2) is 13.4 Å². The minimum atomic E-state index is -3.26. The third kappa shape index (κ3) is 2.30. The number of benzene rings is 1. The highest BCUT2D eigenvalue weighted by Gasteiger charge is 2.41. The molecule has 0 amide bonds. The van der Waals surface area contributed by atoms with Gasteiger partial charge in [-0.3, -0.25) is 0 Å². The Balaban J connectivity index is 1.66. The molecule has 3 atom stereocenters. The van der Waals surface area contributed by atoms with Crippen molar-refractivity contribution < 1.29 is 13.5 Å². The molecule has 0 spiro atoms. The van der Waals surface area contributed by atoms with Gasteiger partial charge >= 0.3 is 0 Å². The van der Waals surface area contributed by atoms with E-state index in [1.54, 1.807) is 6.92 Å². The topological polar surface area (TPSA) is 75.4 Å². The van der Waals surface area contributed by atoms with Crippen LogP contribution >= 0.6 is 0 Å². The van der Waals surface area contributed by atoms with Crippen LogP contribution in [0.4, 0.5) is 0 Å². The molecule has 6 nitrogen and oxygen atoms in total. The first kappa shape index (κ1) is 15.8. The van der Waals surface area contributed by atoms with E-state index in [2.05, 4.69) is 21.7 Å². The molecule has 2 aromatic rings. The molecule has 24 heavy (non-hydrogen) atoms. The van der Waals surface area contributed by atoms with Crippen molar-refractivity contribution in [3.63, 3.8) is 0 Å². The van der Waals surface area contributed by atoms with E-state index >= 15 is 0 Å². The molecule has 1 saturated heterocycles. The van der Waals surface area contributed by atoms with Gasteiger partial charge in [-0.1, -0.05) is 24.3 Å². The highest BCUT2D eigenvalue weighted by molar-refractivity contribution is 7.89. The lowest BCUT2D eigenvalue weighted by Gasteiger charge is -2.38. The predicted octanol–water partition coefficient (Wildman–Crippen LogP) is 1.49. The Hall–Kier alpha value is -1.70. The van der Waals surface area contributed by atoms with E-state index in [-0.39, 0.29) is 24.3 Å². The average molecular weight is 347 g/mol. The molecule has 128 valence electrons. The monoisotopic (exact) mass is 347 g/mol. The lowest BCUT2D eigenvalue weighted by Crippen LogP contribution is -2.49. The van der Waals surface area contributed by atoms with E-state index in [4.69, 9.17) is 0 Å². The van der Waals surface area contributed by atoms with Gasteiger partial charge < -0.3 is 9.67 Å². The van der Waals surface area contributed by atoms with Crippen LogP contribution in [0.1, 0.15) is 24.9 Å². The molecule has 4 rings (SSSR count). The van der Waals surface area contributed by atoms with Crippen LogP contribution in [-0.4, -0.2) is 52.3 Å². The van der Waals surface area contributed by atoms with Gasteiger partial charge in [-0.2, -0.15) is 4.31 Å². The lowest BCUT2D eigenvalue weighted by atomic mass is 9.84. The molecule has 0 saturated carbocycles. The van der Waals surface area contributed by atoms with E-state index in [0.717, 1.165) is 11.3 Å². The number of rotatable bonds is 3. The van der Waals surface area contributed by atoms with Crippen LogP contribution in [0.15, 0.2) is 36.8 Å². The SMILES string of the molecule is CCS(=O)(=O)N1CCC(C2c3ccccc3-c3cncn32)C(O)C1. The van der Waals surface area contributed by atoms with Crippen LogP contribution in [-0.2, 0) is 10.0 Å². The van der Waals surface area contributed by atoms with Crippen LogP contribution in [0, 0.1) is 5.92 Å². The van der Waals surface area contributed by atoms with E-state index < -0.39 is 16.1 Å². The van der Waals surface area contributed by atoms with Gasteiger partial charge in [-0.15, -0.1) is 0 Å². The van der Waals surface area contributed by atoms with Crippen molar-refractivity contribution in [2.45, 2.75) is 25.5 Å². The summed E-state index contributed by atoms with van der Waals surface area (Å²) in [6, 6.07) is 8.20. The third-order valence-electron chi connectivity index (χ3n) is 5.28. The summed E-state index contributed by atoms with van der Waals surface area (Å²) in [5.74, 6) is 0.0485. The molecule has 3 unspecified atom stereocenters. The molecule has 1 fully saturated rings. The number of β-amino-alcohol motifs (C(OH)–C–C–N with tert-alkyl or cyclic N) is 1. The maximum atomic E-state index is 12.1. The first-order valence-corrected chi connectivity index (χ1v) is 9.91. The zero-order chi connectivity index (χ0) is 16.9. The summed E-state index contributed by atoms with van der Waals surface area (Å²) in [6.07, 6.45) is 3.60. The number of imidazole rings is 1. The molecule has 1 aromatic carbocycles. The van der Waals surface area contributed by atoms with E-state index in [1.807, 2.05) is 24.7 Å². The highest BCUT2D eigenvalue weighted by atomic mass is 32.2. The van der Waals surface area contributed by atoms with Crippen LogP contribution in [0.2, 0.25) is 0 Å². The average Bonchev–Trinajstić information content (AvgIpc) is 3.16. The summed E-state index contributed by atoms with van der Waals surface area (Å²) in [5.41, 5.74) is 3.40. The van der Waals surface area contributed by atoms with Crippen molar-refractivity contribution in [2.75, 3.05) is 18.8 Å². The molecule has 0 bridgehead atoms. The summed E-state index contributed by atoms with van der Waals surface area (Å²) < 4.78 is 27.7. The summed E-state index contributed by atoms with van der Waals surface area (Å²) >= 11 is 0. The third-order valence-corrected chi connectivity index (χ3v) is 7.13. The molecule has 2 aliphatic heterocycles. The minimum absolute atomic E-state index is 0.0141. The minimum Gasteiger partial charge on any atom is -0.391 e. The van der Waals surface area contributed by atoms with Crippen LogP contribution in [0.5, 0.6) is 0 Å². The Morgan fingerprint density at radius 3 is 2.88 bits per heavy atom. The number of hydrogen-bond donors (Lipinski definition) is 1. The number of sulfonamides is 1. The van der Waals surface area contributed by atoms with Crippen molar-refractivity contribution >= 4 is 10.0 Å². The molecule has 3 heterocycles. The summed E-state index contributed by atoms with van der Waals surface area (Å²) in [6.45, 7) is 2.27. The standard InChI is InChI=1S/C17H21N3O3S/c1-2-24(22,23)19-8-7-14(16(21)10-19)17-13-6-4-3-5-12(13)15-9-18-11-20(15)17/h3-6,9,11,14,16-17,21H,2,7-8,10H2,1H3. The fourth-order valence-electron chi connectivity index (χ4n) is 4.03. The number of aliphatic hydroxyl groups excluding tert-OH is 1. The number of piperidine rings is 1. The van der Waals surface area contributed by atoms with Gasteiger partial charge in [0.25, 0.3) is 0 Å². The Morgan fingerprint density at radius 1 is 1.33 bits per heavy atom. The smallest absolute Gasteiger partial charge is 0.213 e. The van der Waals surface area contributed by atoms with Gasteiger partial charge in [0.1, 0.15) is 0 Å². The van der Waals surface area contributed by atoms with Crippen LogP contribution < -0.4 is 0 Å². The molecule has 7 heteroatoms. The Kier molecular flexibility index (Phi) is 3.74. The highest BCUT2D eigenvalue weighted by Crippen LogP contribution is 2.45. The summed E-state index contributed by atoms with van der Waals surface area (Å²) in [4.78, 5) is 4.26. The summed E-state index contributed by atoms with van der Waals surface area (Å²) in [7, 11) is -3.26. The normalized spacial score (nSPS) is 27.0. The first-order chi connectivity index (χ1) is 11.5. The number of nitrogens with zero attached hydrogens (tertiary/aromatic N) is 3. The molecule has 1 aromatic heterocycles. The van der Waals surface area contributed by atoms with Crippen molar-refractivity contribution in [2.24, 2.45) is 5.92 Å². The molecular formula is C17H21N3O3S. The van der Waals surface area contributed by atoms with Crippen molar-refractivity contribution in [3.05, 3.63) is 42.4 Å². The summed E-state index contributed by atoms with van der Waals surface area (Å²) in [5, 5.41) is 10.7. The number of fused-ring (bicyclic) bond motifs is 3. The fourth-order valence-corrected chi connectivity index (χ4v) is 5.16. The van der Waals surface area contributed by atoms with E-state index in [1.165, 1.54) is 9.87 Å². The van der Waals surface area contributed by atoms with E-state index in [9.17, 15) is 13.5 Å². The molecule has 0 aliphatic carbocycles. The maximum Gasteiger partial charge on any atom is 0.213 e. The Labute approximate surface area is 141 Å². The molecular weight excluding hydrogens is 326 g/mol. The zero-order valence-electron chi connectivity index (χ0n) is 13.5. The van der Waals surface area contributed by atoms with Gasteiger partial charge in [0.05, 0.1) is 36.1 Å². The van der Waals surface area contributed by atoms with Gasteiger partial charge in [-0.05, 0) is 18.9 Å². The second-order valence-electron chi connectivity index (χ2n) is 6.50. The van der Waals surface area contributed by atoms with Gasteiger partial charge in [0.2, 0.25) is 10.0 Å². The predicted molar refractivity (Wildman–Crippen MR) is 90.9 cm³/mol. The van der Waals surface area contributed by atoms with E-state index in [0.29, 0.717) is 13.0 Å². The molecule has 1 N–H and O–H groups in total. The van der Waals surface area contributed by atoms with Crippen molar-refractivity contribution in [1.82, 2.24) is 13.9 Å². The van der Waals surface area contributed by atoms with Crippen molar-refractivity contribution in [1.29, 1.82) is 0 Å². The van der Waals surface area contributed by atoms with Crippen LogP contribution in [0.3, 0.4) is 0 Å². The molecule has 2 aliphatic rings. The Bertz CT molecular complexity index is 861. The second kappa shape index (κ2) is 5.68. The number of hydrogen-bond acceptors (Lipinski definition) is 4. The van der Waals surface area contributed by atoms with Gasteiger partial charge in [0, 0.05) is 24.6 Å². The zero-order valence-corrected chi connectivity index (χ0v) is 14.4. The maximum absolute atomic E-state index is 12.1. The molecule has 0 radical (unpaired) electrons. The fraction of sp³-hybridized carbons (Fsp3) is 0.471. The number of aliphatic hydroxyl groups is 1. The number of aromatic nitrogens is 2. The first-order valence-electron chi connectivity index (χ1n) is 8.30. The Morgan fingerprint density at radius 2 is 2.12 bits per heavy atom. The van der Waals surface area contributed by atoms with Crippen molar-refractivity contribution in [3.8, 4) is 11.3 Å².